The van der Waals surface area contributed by atoms with Crippen LogP contribution in [0.5, 0.6) is 0 Å². The van der Waals surface area contributed by atoms with Crippen LogP contribution in [0.1, 0.15) is 29.5 Å². The van der Waals surface area contributed by atoms with Gasteiger partial charge in [0.1, 0.15) is 0 Å². The number of hydrogen-bond acceptors (Lipinski definition) is 0. The minimum Gasteiger partial charge on any atom is -1.00 e. The fourth-order valence-electron chi connectivity index (χ4n) is 4.16. The van der Waals surface area contributed by atoms with Gasteiger partial charge in [-0.1, -0.05) is 54.9 Å². The van der Waals surface area contributed by atoms with Crippen molar-refractivity contribution in [2.45, 2.75) is 37.0 Å². The Morgan fingerprint density at radius 3 is 2.31 bits per heavy atom. The second kappa shape index (κ2) is 10.2. The van der Waals surface area contributed by atoms with Crippen LogP contribution >= 0.6 is 0 Å². The predicted molar refractivity (Wildman–Crippen MR) is 100.0 cm³/mol. The zero-order valence-corrected chi connectivity index (χ0v) is 21.0. The summed E-state index contributed by atoms with van der Waals surface area (Å²) in [5, 5.41) is 0. The Bertz CT molecular complexity index is 726. The molecular formula is C22H22Cl2HfSi. The minimum absolute atomic E-state index is 0. The summed E-state index contributed by atoms with van der Waals surface area (Å²) in [6, 6.07) is 22.1. The summed E-state index contributed by atoms with van der Waals surface area (Å²) in [6.45, 7) is 2.59. The molecule has 1 heterocycles. The first-order valence-corrected chi connectivity index (χ1v) is 11.6. The van der Waals surface area contributed by atoms with E-state index >= 15 is 0 Å². The molecule has 0 saturated carbocycles. The monoisotopic (exact) mass is 564 g/mol. The third kappa shape index (κ3) is 4.35. The average Bonchev–Trinajstić information content (AvgIpc) is 3.23. The summed E-state index contributed by atoms with van der Waals surface area (Å²) >= 11 is 0. The molecule has 4 heteroatoms. The Morgan fingerprint density at radius 1 is 1.00 bits per heavy atom. The molecule has 0 spiro atoms. The van der Waals surface area contributed by atoms with E-state index < -0.39 is 8.07 Å². The first-order valence-electron chi connectivity index (χ1n) is 8.61. The molecule has 1 unspecified atom stereocenters. The maximum Gasteiger partial charge on any atom is 4.00 e. The molecule has 0 bridgehead atoms. The second-order valence-corrected chi connectivity index (χ2v) is 11.9. The van der Waals surface area contributed by atoms with Crippen LogP contribution in [0.3, 0.4) is 0 Å². The number of allylic oxidation sites excluding steroid dienone is 4. The van der Waals surface area contributed by atoms with Crippen molar-refractivity contribution in [1.82, 2.24) is 0 Å². The van der Waals surface area contributed by atoms with Crippen molar-refractivity contribution in [2.75, 3.05) is 0 Å². The minimum atomic E-state index is -1.10. The fourth-order valence-corrected chi connectivity index (χ4v) is 8.14. The van der Waals surface area contributed by atoms with Crippen LogP contribution in [-0.2, 0) is 25.8 Å². The van der Waals surface area contributed by atoms with E-state index in [4.69, 9.17) is 0 Å². The van der Waals surface area contributed by atoms with Gasteiger partial charge in [0.15, 0.2) is 0 Å². The maximum absolute atomic E-state index is 3.55. The van der Waals surface area contributed by atoms with Gasteiger partial charge in [-0.15, -0.1) is 17.5 Å². The van der Waals surface area contributed by atoms with Gasteiger partial charge in [0, 0.05) is 0 Å². The van der Waals surface area contributed by atoms with Crippen LogP contribution in [0.15, 0.2) is 60.7 Å². The molecule has 1 saturated heterocycles. The van der Waals surface area contributed by atoms with E-state index in [1.807, 2.05) is 12.2 Å². The Labute approximate surface area is 189 Å². The van der Waals surface area contributed by atoms with E-state index in [2.05, 4.69) is 67.2 Å². The Hall–Kier alpha value is -0.413. The van der Waals surface area contributed by atoms with E-state index in [1.165, 1.54) is 35.2 Å². The predicted octanol–water partition coefficient (Wildman–Crippen LogP) is -0.0682. The molecule has 2 aromatic carbocycles. The van der Waals surface area contributed by atoms with Crippen molar-refractivity contribution >= 4 is 8.07 Å². The molecule has 1 aliphatic heterocycles. The third-order valence-electron chi connectivity index (χ3n) is 5.52. The molecule has 26 heavy (non-hydrogen) atoms. The molecule has 5 rings (SSSR count). The van der Waals surface area contributed by atoms with E-state index in [-0.39, 0.29) is 50.7 Å². The normalized spacial score (nSPS) is 19.3. The summed E-state index contributed by atoms with van der Waals surface area (Å²) in [5.41, 5.74) is 6.70. The van der Waals surface area contributed by atoms with Crippen LogP contribution in [0.4, 0.5) is 0 Å². The summed E-state index contributed by atoms with van der Waals surface area (Å²) in [4.78, 5) is 0. The summed E-state index contributed by atoms with van der Waals surface area (Å²) in [6.07, 6.45) is 11.4. The van der Waals surface area contributed by atoms with E-state index in [9.17, 15) is 0 Å². The quantitative estimate of drug-likeness (QED) is 0.337. The van der Waals surface area contributed by atoms with E-state index in [0.717, 1.165) is 6.42 Å². The van der Waals surface area contributed by atoms with Crippen LogP contribution in [0.25, 0.3) is 11.1 Å². The zero-order chi connectivity index (χ0) is 15.7. The molecule has 1 fully saturated rings. The molecule has 0 radical (unpaired) electrons. The third-order valence-corrected chi connectivity index (χ3v) is 10.5. The summed E-state index contributed by atoms with van der Waals surface area (Å²) in [7, 11) is -1.10. The van der Waals surface area contributed by atoms with Crippen LogP contribution < -0.4 is 24.8 Å². The number of halogens is 2. The summed E-state index contributed by atoms with van der Waals surface area (Å²) < 4.78 is 0. The number of hydrogen-bond donors (Lipinski definition) is 0. The maximum atomic E-state index is 3.55. The smallest absolute Gasteiger partial charge is 1.00 e. The zero-order valence-electron chi connectivity index (χ0n) is 14.9. The standard InChI is InChI=1S/C17H17Si.C5H5.2ClH.Hf/c1-18(11-6-12-18)17-15-9-4-2-7-13(15)14-8-3-5-10-16(14)17;1-2-4-5-3-1;;;/h2-5,7-9,17H,6,11-12H2,1H3;1-3H,4H2;2*1H;/q2*-1;;;+4/p-2. The van der Waals surface area contributed by atoms with E-state index in [0.29, 0.717) is 5.54 Å². The van der Waals surface area contributed by atoms with Crippen molar-refractivity contribution < 1.29 is 50.7 Å². The molecule has 0 N–H and O–H groups in total. The van der Waals surface area contributed by atoms with Gasteiger partial charge in [-0.05, 0) is 11.1 Å². The molecule has 132 valence electrons. The molecule has 0 nitrogen and oxygen atoms in total. The molecule has 1 atom stereocenters. The topological polar surface area (TPSA) is 0 Å². The first-order chi connectivity index (χ1) is 11.3. The van der Waals surface area contributed by atoms with Crippen molar-refractivity contribution in [1.29, 1.82) is 0 Å². The van der Waals surface area contributed by atoms with Gasteiger partial charge in [0.25, 0.3) is 0 Å². The Morgan fingerprint density at radius 2 is 1.73 bits per heavy atom. The first kappa shape index (κ1) is 23.6. The van der Waals surface area contributed by atoms with Crippen LogP contribution in [0, 0.1) is 12.1 Å². The van der Waals surface area contributed by atoms with Gasteiger partial charge in [0.2, 0.25) is 0 Å². The molecule has 3 aliphatic rings. The van der Waals surface area contributed by atoms with Crippen molar-refractivity contribution in [3.05, 3.63) is 84.0 Å². The van der Waals surface area contributed by atoms with Crippen LogP contribution in [-0.4, -0.2) is 8.07 Å². The number of rotatable bonds is 1. The molecule has 0 aromatic heterocycles. The van der Waals surface area contributed by atoms with Gasteiger partial charge in [0.05, 0.1) is 8.07 Å². The van der Waals surface area contributed by atoms with Gasteiger partial charge in [-0.2, -0.15) is 30.3 Å². The summed E-state index contributed by atoms with van der Waals surface area (Å²) in [5.74, 6) is 0. The molecule has 0 amide bonds. The number of fused-ring (bicyclic) bond motifs is 3. The SMILES string of the molecule is C[Si]1(C2c3[c-]cccc3-c3ccccc32)CCC1.[C-]1=CC=CC1.[Cl-].[Cl-].[Hf+4]. The van der Waals surface area contributed by atoms with Gasteiger partial charge < -0.3 is 24.8 Å². The average molecular weight is 564 g/mol. The van der Waals surface area contributed by atoms with Crippen LogP contribution in [0.2, 0.25) is 18.6 Å². The van der Waals surface area contributed by atoms with Gasteiger partial charge >= 0.3 is 25.8 Å². The second-order valence-electron chi connectivity index (χ2n) is 7.03. The van der Waals surface area contributed by atoms with Gasteiger partial charge in [-0.3, -0.25) is 6.08 Å². The number of benzene rings is 2. The van der Waals surface area contributed by atoms with Gasteiger partial charge in [-0.25, -0.2) is 12.2 Å². The largest absolute Gasteiger partial charge is 4.00 e. The Balaban J connectivity index is 0.000000372. The van der Waals surface area contributed by atoms with Crippen molar-refractivity contribution in [2.24, 2.45) is 0 Å². The van der Waals surface area contributed by atoms with Crippen molar-refractivity contribution in [3.8, 4) is 11.1 Å². The van der Waals surface area contributed by atoms with Crippen molar-refractivity contribution in [3.63, 3.8) is 0 Å². The molecule has 2 aromatic rings. The molecule has 2 aliphatic carbocycles. The Kier molecular flexibility index (Phi) is 9.29. The van der Waals surface area contributed by atoms with E-state index in [1.54, 1.807) is 5.56 Å². The molecular weight excluding hydrogens is 542 g/mol. The fraction of sp³-hybridized carbons (Fsp3) is 0.273.